The number of nitrogens with zero attached hydrogens (tertiary/aromatic N) is 1. The minimum atomic E-state index is -4.82. The lowest BCUT2D eigenvalue weighted by molar-refractivity contribution is -0.138. The molecule has 0 aliphatic rings. The number of benzene rings is 4. The molecule has 1 heterocycles. The first-order valence-electron chi connectivity index (χ1n) is 13.0. The molecule has 44 heavy (non-hydrogen) atoms. The number of alkyl halides is 6. The summed E-state index contributed by atoms with van der Waals surface area (Å²) in [5.74, 6) is -2.88. The molecule has 4 aromatic carbocycles. The Kier molecular flexibility index (Phi) is 7.94. The van der Waals surface area contributed by atoms with E-state index >= 15 is 0 Å². The second-order valence-corrected chi connectivity index (χ2v) is 10.0. The maximum atomic E-state index is 14.3. The van der Waals surface area contributed by atoms with Gasteiger partial charge in [0.1, 0.15) is 5.82 Å². The van der Waals surface area contributed by atoms with Crippen LogP contribution in [0.2, 0.25) is 0 Å². The van der Waals surface area contributed by atoms with Crippen LogP contribution in [0.5, 0.6) is 0 Å². The largest absolute Gasteiger partial charge is 0.478 e. The van der Waals surface area contributed by atoms with Crippen molar-refractivity contribution in [1.82, 2.24) is 9.88 Å². The molecule has 226 valence electrons. The topological polar surface area (TPSA) is 71.3 Å². The van der Waals surface area contributed by atoms with Gasteiger partial charge in [0.2, 0.25) is 0 Å². The molecular formula is C32H21F7N2O3. The van der Waals surface area contributed by atoms with E-state index in [9.17, 15) is 40.3 Å². The fourth-order valence-electron chi connectivity index (χ4n) is 4.78. The molecule has 5 rings (SSSR count). The molecule has 1 amide bonds. The lowest BCUT2D eigenvalue weighted by Crippen LogP contribution is -2.23. The smallest absolute Gasteiger partial charge is 0.416 e. The van der Waals surface area contributed by atoms with E-state index in [1.54, 1.807) is 16.8 Å². The van der Waals surface area contributed by atoms with Crippen molar-refractivity contribution in [2.75, 3.05) is 0 Å². The molecule has 0 spiro atoms. The van der Waals surface area contributed by atoms with Gasteiger partial charge in [0.15, 0.2) is 0 Å². The second-order valence-electron chi connectivity index (χ2n) is 10.0. The molecule has 5 aromatic rings. The van der Waals surface area contributed by atoms with Gasteiger partial charge >= 0.3 is 18.3 Å². The molecule has 0 radical (unpaired) electrons. The third-order valence-electron chi connectivity index (χ3n) is 6.95. The average molecular weight is 615 g/mol. The summed E-state index contributed by atoms with van der Waals surface area (Å²) >= 11 is 0. The van der Waals surface area contributed by atoms with Crippen LogP contribution in [-0.2, 0) is 25.4 Å². The molecule has 0 saturated heterocycles. The zero-order valence-electron chi connectivity index (χ0n) is 22.4. The van der Waals surface area contributed by atoms with E-state index in [1.165, 1.54) is 48.5 Å². The number of aromatic nitrogens is 1. The summed E-state index contributed by atoms with van der Waals surface area (Å²) in [5, 5.41) is 12.2. The highest BCUT2D eigenvalue weighted by Gasteiger charge is 2.32. The van der Waals surface area contributed by atoms with E-state index in [0.29, 0.717) is 28.1 Å². The van der Waals surface area contributed by atoms with Crippen LogP contribution in [0.1, 0.15) is 43.0 Å². The van der Waals surface area contributed by atoms with Crippen molar-refractivity contribution in [3.05, 3.63) is 130 Å². The molecule has 0 saturated carbocycles. The molecule has 0 fully saturated rings. The number of rotatable bonds is 7. The zero-order valence-corrected chi connectivity index (χ0v) is 22.4. The Morgan fingerprint density at radius 2 is 1.34 bits per heavy atom. The third-order valence-corrected chi connectivity index (χ3v) is 6.95. The standard InChI is InChI=1S/C32H21F7N2O3/c33-26-13-23(12-25(15-26)32(37,38)39)22-11-21-9-10-41(17-19-3-7-24(8-4-19)31(34,35)36)28(21)27(14-22)29(42)40-16-18-1-5-20(6-2-18)30(43)44/h1-15H,16-17H2,(H,40,42)(H,43,44). The van der Waals surface area contributed by atoms with Crippen LogP contribution in [0.25, 0.3) is 22.0 Å². The first-order valence-corrected chi connectivity index (χ1v) is 13.0. The number of aromatic carboxylic acids is 1. The first kappa shape index (κ1) is 30.3. The molecule has 1 aromatic heterocycles. The lowest BCUT2D eigenvalue weighted by Gasteiger charge is -2.15. The quantitative estimate of drug-likeness (QED) is 0.182. The number of hydrogen-bond donors (Lipinski definition) is 2. The van der Waals surface area contributed by atoms with E-state index in [1.807, 2.05) is 0 Å². The van der Waals surface area contributed by atoms with Crippen molar-refractivity contribution < 1.29 is 45.4 Å². The number of fused-ring (bicyclic) bond motifs is 1. The van der Waals surface area contributed by atoms with Gasteiger partial charge in [0.05, 0.1) is 27.8 Å². The van der Waals surface area contributed by atoms with Gasteiger partial charge in [-0.3, -0.25) is 4.79 Å². The number of carboxylic acids is 1. The fraction of sp³-hybridized carbons (Fsp3) is 0.125. The van der Waals surface area contributed by atoms with Crippen LogP contribution < -0.4 is 5.32 Å². The molecule has 5 nitrogen and oxygen atoms in total. The van der Waals surface area contributed by atoms with Crippen molar-refractivity contribution in [3.63, 3.8) is 0 Å². The summed E-state index contributed by atoms with van der Waals surface area (Å²) in [5.41, 5.74) is -0.548. The Bertz CT molecular complexity index is 1860. The summed E-state index contributed by atoms with van der Waals surface area (Å²) in [6.07, 6.45) is -7.75. The summed E-state index contributed by atoms with van der Waals surface area (Å²) in [4.78, 5) is 24.7. The van der Waals surface area contributed by atoms with E-state index in [-0.39, 0.29) is 35.3 Å². The summed E-state index contributed by atoms with van der Waals surface area (Å²) in [7, 11) is 0. The van der Waals surface area contributed by atoms with Crippen LogP contribution in [0, 0.1) is 5.82 Å². The van der Waals surface area contributed by atoms with E-state index in [4.69, 9.17) is 5.11 Å². The zero-order chi connectivity index (χ0) is 31.8. The van der Waals surface area contributed by atoms with Gasteiger partial charge in [0.25, 0.3) is 5.91 Å². The Morgan fingerprint density at radius 3 is 1.95 bits per heavy atom. The Labute approximate surface area is 245 Å². The van der Waals surface area contributed by atoms with Crippen molar-refractivity contribution in [1.29, 1.82) is 0 Å². The van der Waals surface area contributed by atoms with Gasteiger partial charge in [-0.2, -0.15) is 26.3 Å². The van der Waals surface area contributed by atoms with Gasteiger partial charge in [-0.1, -0.05) is 24.3 Å². The molecule has 0 aliphatic heterocycles. The van der Waals surface area contributed by atoms with Gasteiger partial charge in [0, 0.05) is 24.7 Å². The van der Waals surface area contributed by atoms with Crippen molar-refractivity contribution in [3.8, 4) is 11.1 Å². The van der Waals surface area contributed by atoms with Crippen LogP contribution in [0.15, 0.2) is 91.1 Å². The Morgan fingerprint density at radius 1 is 0.727 bits per heavy atom. The molecule has 0 bridgehead atoms. The number of carbonyl (C=O) groups is 2. The predicted octanol–water partition coefficient (Wildman–Crippen LogP) is 8.16. The number of amides is 1. The van der Waals surface area contributed by atoms with Gasteiger partial charge in [-0.25, -0.2) is 9.18 Å². The van der Waals surface area contributed by atoms with E-state index in [2.05, 4.69) is 5.32 Å². The predicted molar refractivity (Wildman–Crippen MR) is 147 cm³/mol. The van der Waals surface area contributed by atoms with E-state index < -0.39 is 41.2 Å². The summed E-state index contributed by atoms with van der Waals surface area (Å²) in [6, 6.07) is 16.7. The molecule has 0 aliphatic carbocycles. The Hall–Kier alpha value is -5.13. The second kappa shape index (κ2) is 11.5. The van der Waals surface area contributed by atoms with Gasteiger partial charge < -0.3 is 15.0 Å². The summed E-state index contributed by atoms with van der Waals surface area (Å²) in [6.45, 7) is 0.0400. The van der Waals surface area contributed by atoms with Crippen molar-refractivity contribution in [2.24, 2.45) is 0 Å². The number of hydrogen-bond acceptors (Lipinski definition) is 2. The minimum absolute atomic E-state index is 0.0226. The number of halogens is 7. The third kappa shape index (κ3) is 6.59. The van der Waals surface area contributed by atoms with Crippen LogP contribution in [0.4, 0.5) is 30.7 Å². The van der Waals surface area contributed by atoms with Crippen molar-refractivity contribution >= 4 is 22.8 Å². The van der Waals surface area contributed by atoms with Crippen molar-refractivity contribution in [2.45, 2.75) is 25.4 Å². The monoisotopic (exact) mass is 614 g/mol. The van der Waals surface area contributed by atoms with Crippen LogP contribution in [0.3, 0.4) is 0 Å². The maximum absolute atomic E-state index is 14.3. The van der Waals surface area contributed by atoms with Gasteiger partial charge in [-0.05, 0) is 82.9 Å². The highest BCUT2D eigenvalue weighted by Crippen LogP contribution is 2.35. The first-order chi connectivity index (χ1) is 20.7. The Balaban J connectivity index is 1.55. The van der Waals surface area contributed by atoms with Crippen LogP contribution in [-0.4, -0.2) is 21.6 Å². The number of carboxylic acid groups (broad SMARTS) is 1. The molecular weight excluding hydrogens is 593 g/mol. The highest BCUT2D eigenvalue weighted by molar-refractivity contribution is 6.08. The lowest BCUT2D eigenvalue weighted by atomic mass is 9.98. The normalized spacial score (nSPS) is 12.0. The minimum Gasteiger partial charge on any atom is -0.478 e. The summed E-state index contributed by atoms with van der Waals surface area (Å²) < 4.78 is 95.2. The molecule has 2 N–H and O–H groups in total. The molecule has 0 atom stereocenters. The molecule has 12 heteroatoms. The highest BCUT2D eigenvalue weighted by atomic mass is 19.4. The van der Waals surface area contributed by atoms with Gasteiger partial charge in [-0.15, -0.1) is 0 Å². The number of carbonyl (C=O) groups excluding carboxylic acids is 1. The SMILES string of the molecule is O=C(O)c1ccc(CNC(=O)c2cc(-c3cc(F)cc(C(F)(F)F)c3)cc3ccn(Cc4ccc(C(F)(F)F)cc4)c23)cc1. The molecule has 0 unspecified atom stereocenters. The van der Waals surface area contributed by atoms with E-state index in [0.717, 1.165) is 24.3 Å². The maximum Gasteiger partial charge on any atom is 0.416 e. The van der Waals surface area contributed by atoms with Crippen LogP contribution >= 0.6 is 0 Å². The average Bonchev–Trinajstić information content (AvgIpc) is 3.37. The fourth-order valence-corrected chi connectivity index (χ4v) is 4.78. The number of nitrogens with one attached hydrogen (secondary N) is 1.